The van der Waals surface area contributed by atoms with E-state index < -0.39 is 0 Å². The molecule has 5 rings (SSSR count). The first kappa shape index (κ1) is 18.7. The highest BCUT2D eigenvalue weighted by atomic mass is 16.5. The van der Waals surface area contributed by atoms with Crippen LogP contribution < -0.4 is 9.47 Å². The molecule has 3 aromatic carbocycles. The van der Waals surface area contributed by atoms with E-state index in [0.717, 1.165) is 42.2 Å². The molecule has 0 saturated carbocycles. The maximum Gasteiger partial charge on any atom is 0.161 e. The Hall–Kier alpha value is -3.31. The highest BCUT2D eigenvalue weighted by Crippen LogP contribution is 2.41. The SMILES string of the molecule is COc1cc2c(cc1OC)C(c1ccccc1)N(Cn1cnc3ccccc31)CC2. The van der Waals surface area contributed by atoms with Crippen LogP contribution in [-0.4, -0.2) is 35.2 Å². The van der Waals surface area contributed by atoms with Gasteiger partial charge in [0, 0.05) is 6.54 Å². The molecule has 4 aromatic rings. The number of benzene rings is 3. The summed E-state index contributed by atoms with van der Waals surface area (Å²) in [4.78, 5) is 7.09. The minimum absolute atomic E-state index is 0.135. The van der Waals surface area contributed by atoms with Gasteiger partial charge in [-0.1, -0.05) is 42.5 Å². The normalized spacial score (nSPS) is 16.4. The van der Waals surface area contributed by atoms with Crippen LogP contribution in [-0.2, 0) is 13.1 Å². The second-order valence-corrected chi connectivity index (χ2v) is 7.63. The van der Waals surface area contributed by atoms with Crippen LogP contribution in [0.25, 0.3) is 11.0 Å². The molecular weight excluding hydrogens is 374 g/mol. The van der Waals surface area contributed by atoms with Crippen LogP contribution in [0.5, 0.6) is 11.5 Å². The Labute approximate surface area is 176 Å². The summed E-state index contributed by atoms with van der Waals surface area (Å²) in [5.41, 5.74) is 6.04. The van der Waals surface area contributed by atoms with Crippen LogP contribution in [0.1, 0.15) is 22.7 Å². The Morgan fingerprint density at radius 3 is 2.47 bits per heavy atom. The summed E-state index contributed by atoms with van der Waals surface area (Å²) in [7, 11) is 3.39. The van der Waals surface area contributed by atoms with E-state index in [1.807, 2.05) is 12.4 Å². The fraction of sp³-hybridized carbons (Fsp3) is 0.240. The largest absolute Gasteiger partial charge is 0.493 e. The molecule has 0 radical (unpaired) electrons. The molecular formula is C25H25N3O2. The van der Waals surface area contributed by atoms with E-state index in [0.29, 0.717) is 0 Å². The minimum atomic E-state index is 0.135. The predicted octanol–water partition coefficient (Wildman–Crippen LogP) is 4.66. The maximum absolute atomic E-state index is 5.63. The highest BCUT2D eigenvalue weighted by Gasteiger charge is 2.30. The fourth-order valence-corrected chi connectivity index (χ4v) is 4.49. The standard InChI is InChI=1S/C25H25N3O2/c1-29-23-14-19-12-13-27(17-28-16-26-21-10-6-7-11-22(21)28)25(18-8-4-3-5-9-18)20(19)15-24(23)30-2/h3-11,14-16,25H,12-13,17H2,1-2H3. The van der Waals surface area contributed by atoms with Gasteiger partial charge >= 0.3 is 0 Å². The average molecular weight is 399 g/mol. The first-order valence-corrected chi connectivity index (χ1v) is 10.2. The van der Waals surface area contributed by atoms with Crippen molar-refractivity contribution in [1.82, 2.24) is 14.5 Å². The second-order valence-electron chi connectivity index (χ2n) is 7.63. The van der Waals surface area contributed by atoms with Gasteiger partial charge in [0.05, 0.1) is 44.3 Å². The number of imidazole rings is 1. The molecule has 1 aromatic heterocycles. The Morgan fingerprint density at radius 1 is 0.933 bits per heavy atom. The van der Waals surface area contributed by atoms with Gasteiger partial charge in [-0.25, -0.2) is 4.98 Å². The van der Waals surface area contributed by atoms with Gasteiger partial charge in [-0.2, -0.15) is 0 Å². The number of hydrogen-bond acceptors (Lipinski definition) is 4. The molecule has 1 unspecified atom stereocenters. The smallest absolute Gasteiger partial charge is 0.161 e. The number of fused-ring (bicyclic) bond motifs is 2. The lowest BCUT2D eigenvalue weighted by Crippen LogP contribution is -2.37. The van der Waals surface area contributed by atoms with Crippen molar-refractivity contribution in [3.63, 3.8) is 0 Å². The summed E-state index contributed by atoms with van der Waals surface area (Å²) < 4.78 is 13.4. The molecule has 1 aliphatic heterocycles. The first-order valence-electron chi connectivity index (χ1n) is 10.2. The summed E-state index contributed by atoms with van der Waals surface area (Å²) in [5, 5.41) is 0. The lowest BCUT2D eigenvalue weighted by molar-refractivity contribution is 0.167. The molecule has 1 aliphatic rings. The maximum atomic E-state index is 5.63. The first-order chi connectivity index (χ1) is 14.8. The van der Waals surface area contributed by atoms with Crippen molar-refractivity contribution in [2.45, 2.75) is 19.1 Å². The summed E-state index contributed by atoms with van der Waals surface area (Å²) in [5.74, 6) is 1.56. The van der Waals surface area contributed by atoms with E-state index in [9.17, 15) is 0 Å². The Balaban J connectivity index is 1.59. The van der Waals surface area contributed by atoms with E-state index in [2.05, 4.69) is 75.1 Å². The molecule has 0 spiro atoms. The third-order valence-corrected chi connectivity index (χ3v) is 5.95. The molecule has 0 saturated heterocycles. The van der Waals surface area contributed by atoms with E-state index in [1.165, 1.54) is 16.7 Å². The zero-order chi connectivity index (χ0) is 20.5. The van der Waals surface area contributed by atoms with Gasteiger partial charge in [-0.3, -0.25) is 4.90 Å². The molecule has 0 aliphatic carbocycles. The van der Waals surface area contributed by atoms with Gasteiger partial charge in [0.15, 0.2) is 11.5 Å². The van der Waals surface area contributed by atoms with Crippen molar-refractivity contribution in [2.24, 2.45) is 0 Å². The molecule has 30 heavy (non-hydrogen) atoms. The van der Waals surface area contributed by atoms with Crippen LogP contribution >= 0.6 is 0 Å². The number of methoxy groups -OCH3 is 2. The fourth-order valence-electron chi connectivity index (χ4n) is 4.49. The van der Waals surface area contributed by atoms with Gasteiger partial charge in [0.25, 0.3) is 0 Å². The van der Waals surface area contributed by atoms with E-state index >= 15 is 0 Å². The van der Waals surface area contributed by atoms with Crippen LogP contribution in [0, 0.1) is 0 Å². The lowest BCUT2D eigenvalue weighted by Gasteiger charge is -2.38. The number of para-hydroxylation sites is 2. The van der Waals surface area contributed by atoms with Crippen LogP contribution in [0.15, 0.2) is 73.1 Å². The number of hydrogen-bond donors (Lipinski definition) is 0. The molecule has 5 heteroatoms. The molecule has 0 amide bonds. The quantitative estimate of drug-likeness (QED) is 0.489. The summed E-state index contributed by atoms with van der Waals surface area (Å²) in [6.45, 7) is 1.72. The molecule has 2 heterocycles. The van der Waals surface area contributed by atoms with Crippen molar-refractivity contribution < 1.29 is 9.47 Å². The van der Waals surface area contributed by atoms with Crippen molar-refractivity contribution in [3.05, 3.63) is 89.7 Å². The molecule has 152 valence electrons. The highest BCUT2D eigenvalue weighted by molar-refractivity contribution is 5.74. The van der Waals surface area contributed by atoms with Gasteiger partial charge in [0.2, 0.25) is 0 Å². The molecule has 0 N–H and O–H groups in total. The Morgan fingerprint density at radius 2 is 1.67 bits per heavy atom. The zero-order valence-electron chi connectivity index (χ0n) is 17.3. The number of ether oxygens (including phenoxy) is 2. The van der Waals surface area contributed by atoms with E-state index in [4.69, 9.17) is 9.47 Å². The topological polar surface area (TPSA) is 39.5 Å². The van der Waals surface area contributed by atoms with Crippen LogP contribution in [0.3, 0.4) is 0 Å². The minimum Gasteiger partial charge on any atom is -0.493 e. The third kappa shape index (κ3) is 3.21. The molecule has 0 fully saturated rings. The van der Waals surface area contributed by atoms with E-state index in [-0.39, 0.29) is 6.04 Å². The summed E-state index contributed by atoms with van der Waals surface area (Å²) >= 11 is 0. The van der Waals surface area contributed by atoms with Crippen molar-refractivity contribution >= 4 is 11.0 Å². The van der Waals surface area contributed by atoms with E-state index in [1.54, 1.807) is 14.2 Å². The second kappa shape index (κ2) is 7.84. The van der Waals surface area contributed by atoms with Gasteiger partial charge in [-0.15, -0.1) is 0 Å². The third-order valence-electron chi connectivity index (χ3n) is 5.95. The monoisotopic (exact) mass is 399 g/mol. The number of rotatable bonds is 5. The van der Waals surface area contributed by atoms with Crippen LogP contribution in [0.4, 0.5) is 0 Å². The van der Waals surface area contributed by atoms with Crippen molar-refractivity contribution in [2.75, 3.05) is 20.8 Å². The zero-order valence-corrected chi connectivity index (χ0v) is 17.3. The van der Waals surface area contributed by atoms with Crippen LogP contribution in [0.2, 0.25) is 0 Å². The summed E-state index contributed by atoms with van der Waals surface area (Å²) in [6.07, 6.45) is 2.91. The van der Waals surface area contributed by atoms with Gasteiger partial charge in [0.1, 0.15) is 0 Å². The number of nitrogens with zero attached hydrogens (tertiary/aromatic N) is 3. The Kier molecular flexibility index (Phi) is 4.89. The average Bonchev–Trinajstić information content (AvgIpc) is 3.21. The molecule has 5 nitrogen and oxygen atoms in total. The van der Waals surface area contributed by atoms with Crippen molar-refractivity contribution in [3.8, 4) is 11.5 Å². The summed E-state index contributed by atoms with van der Waals surface area (Å²) in [6, 6.07) is 23.4. The van der Waals surface area contributed by atoms with Gasteiger partial charge < -0.3 is 14.0 Å². The van der Waals surface area contributed by atoms with Gasteiger partial charge in [-0.05, 0) is 47.4 Å². The Bertz CT molecular complexity index is 1170. The molecule has 0 bridgehead atoms. The molecule has 1 atom stereocenters. The van der Waals surface area contributed by atoms with Crippen molar-refractivity contribution in [1.29, 1.82) is 0 Å². The number of aromatic nitrogens is 2. The lowest BCUT2D eigenvalue weighted by atomic mass is 9.88. The predicted molar refractivity (Wildman–Crippen MR) is 118 cm³/mol.